The van der Waals surface area contributed by atoms with Crippen LogP contribution >= 0.6 is 0 Å². The monoisotopic (exact) mass is 377 g/mol. The second-order valence-electron chi connectivity index (χ2n) is 5.93. The first-order valence-electron chi connectivity index (χ1n) is 8.44. The molecule has 144 valence electrons. The van der Waals surface area contributed by atoms with Crippen molar-refractivity contribution in [3.8, 4) is 11.5 Å². The molecule has 0 bridgehead atoms. The van der Waals surface area contributed by atoms with Crippen molar-refractivity contribution in [1.82, 2.24) is 5.32 Å². The molecular formula is C19H20FNO6. The number of rotatable bonds is 6. The summed E-state index contributed by atoms with van der Waals surface area (Å²) in [6.07, 6.45) is -2.34. The Labute approximate surface area is 155 Å². The highest BCUT2D eigenvalue weighted by Gasteiger charge is 2.29. The Bertz CT molecular complexity index is 785. The number of hydrogen-bond donors (Lipinski definition) is 3. The highest BCUT2D eigenvalue weighted by Crippen LogP contribution is 2.37. The molecule has 1 amide bonds. The first-order valence-corrected chi connectivity index (χ1v) is 8.44. The summed E-state index contributed by atoms with van der Waals surface area (Å²) in [5.41, 5.74) is 0.660. The predicted octanol–water partition coefficient (Wildman–Crippen LogP) is 1.92. The van der Waals surface area contributed by atoms with Crippen molar-refractivity contribution < 1.29 is 33.6 Å². The number of ether oxygens (including phenoxy) is 3. The van der Waals surface area contributed by atoms with E-state index in [4.69, 9.17) is 14.2 Å². The van der Waals surface area contributed by atoms with Gasteiger partial charge >= 0.3 is 6.09 Å². The molecule has 0 aromatic heterocycles. The van der Waals surface area contributed by atoms with Gasteiger partial charge in [0.25, 0.3) is 0 Å². The van der Waals surface area contributed by atoms with E-state index >= 15 is 0 Å². The molecule has 3 rings (SSSR count). The number of carbonyl (C=O) groups is 1. The molecule has 27 heavy (non-hydrogen) atoms. The van der Waals surface area contributed by atoms with E-state index in [-0.39, 0.29) is 30.3 Å². The quantitative estimate of drug-likeness (QED) is 0.712. The van der Waals surface area contributed by atoms with Gasteiger partial charge in [-0.2, -0.15) is 0 Å². The lowest BCUT2D eigenvalue weighted by Gasteiger charge is -2.25. The zero-order valence-corrected chi connectivity index (χ0v) is 14.4. The van der Waals surface area contributed by atoms with E-state index in [2.05, 4.69) is 5.32 Å². The van der Waals surface area contributed by atoms with E-state index in [0.29, 0.717) is 6.61 Å². The average molecular weight is 377 g/mol. The molecule has 1 aliphatic heterocycles. The Kier molecular flexibility index (Phi) is 6.10. The van der Waals surface area contributed by atoms with Crippen LogP contribution in [0, 0.1) is 5.82 Å². The largest absolute Gasteiger partial charge is 0.486 e. The summed E-state index contributed by atoms with van der Waals surface area (Å²) in [4.78, 5) is 11.9. The maximum atomic E-state index is 14.6. The van der Waals surface area contributed by atoms with Crippen molar-refractivity contribution in [3.63, 3.8) is 0 Å². The van der Waals surface area contributed by atoms with E-state index in [0.717, 1.165) is 5.56 Å². The molecule has 0 aliphatic carbocycles. The molecule has 1 heterocycles. The first kappa shape index (κ1) is 18.9. The van der Waals surface area contributed by atoms with Gasteiger partial charge in [-0.25, -0.2) is 9.18 Å². The third-order valence-corrected chi connectivity index (χ3v) is 4.09. The van der Waals surface area contributed by atoms with Gasteiger partial charge in [0.2, 0.25) is 0 Å². The maximum Gasteiger partial charge on any atom is 0.407 e. The fourth-order valence-electron chi connectivity index (χ4n) is 2.68. The summed E-state index contributed by atoms with van der Waals surface area (Å²) < 4.78 is 30.2. The predicted molar refractivity (Wildman–Crippen MR) is 93.0 cm³/mol. The van der Waals surface area contributed by atoms with Crippen molar-refractivity contribution in [1.29, 1.82) is 0 Å². The van der Waals surface area contributed by atoms with E-state index in [1.54, 1.807) is 12.1 Å². The van der Waals surface area contributed by atoms with Crippen LogP contribution in [0.5, 0.6) is 11.5 Å². The Hall–Kier alpha value is -2.84. The molecule has 8 heteroatoms. The number of aliphatic hydroxyl groups is 2. The fourth-order valence-corrected chi connectivity index (χ4v) is 2.68. The van der Waals surface area contributed by atoms with Gasteiger partial charge in [0.05, 0.1) is 12.6 Å². The van der Waals surface area contributed by atoms with Crippen LogP contribution in [0.2, 0.25) is 0 Å². The highest BCUT2D eigenvalue weighted by molar-refractivity contribution is 5.67. The molecule has 0 radical (unpaired) electrons. The van der Waals surface area contributed by atoms with Gasteiger partial charge in [-0.1, -0.05) is 30.3 Å². The standard InChI is InChI=1S/C19H20FNO6/c20-16-13(6-7-15-18(16)26-9-8-25-15)17(23)14(10-22)21-19(24)27-11-12-4-2-1-3-5-12/h1-7,14,17,22-23H,8-11H2,(H,21,24)/t14-,17?/m1/s1. The number of nitrogens with one attached hydrogen (secondary N) is 1. The summed E-state index contributed by atoms with van der Waals surface area (Å²) in [6.45, 7) is -0.0891. The first-order chi connectivity index (χ1) is 13.1. The fraction of sp³-hybridized carbons (Fsp3) is 0.316. The van der Waals surface area contributed by atoms with E-state index in [1.807, 2.05) is 18.2 Å². The van der Waals surface area contributed by atoms with E-state index < -0.39 is 30.7 Å². The Morgan fingerprint density at radius 3 is 2.67 bits per heavy atom. The molecular weight excluding hydrogens is 357 g/mol. The molecule has 0 saturated carbocycles. The zero-order valence-electron chi connectivity index (χ0n) is 14.4. The Balaban J connectivity index is 1.65. The minimum absolute atomic E-state index is 0.0271. The smallest absolute Gasteiger partial charge is 0.407 e. The number of hydrogen-bond acceptors (Lipinski definition) is 6. The van der Waals surface area contributed by atoms with Crippen molar-refractivity contribution in [2.45, 2.75) is 18.8 Å². The van der Waals surface area contributed by atoms with Gasteiger partial charge in [-0.15, -0.1) is 0 Å². The van der Waals surface area contributed by atoms with Crippen LogP contribution < -0.4 is 14.8 Å². The number of fused-ring (bicyclic) bond motifs is 1. The van der Waals surface area contributed by atoms with Crippen molar-refractivity contribution >= 4 is 6.09 Å². The molecule has 0 fully saturated rings. The van der Waals surface area contributed by atoms with Crippen LogP contribution in [0.1, 0.15) is 17.2 Å². The van der Waals surface area contributed by atoms with Gasteiger partial charge in [-0.05, 0) is 17.7 Å². The highest BCUT2D eigenvalue weighted by atomic mass is 19.1. The molecule has 0 spiro atoms. The number of benzene rings is 2. The van der Waals surface area contributed by atoms with Gasteiger partial charge in [0, 0.05) is 5.56 Å². The van der Waals surface area contributed by atoms with Crippen molar-refractivity contribution in [2.75, 3.05) is 19.8 Å². The molecule has 0 saturated heterocycles. The molecule has 2 atom stereocenters. The third kappa shape index (κ3) is 4.47. The summed E-state index contributed by atoms with van der Waals surface area (Å²) >= 11 is 0. The van der Waals surface area contributed by atoms with Crippen LogP contribution in [0.3, 0.4) is 0 Å². The SMILES string of the molecule is O=C(N[C@H](CO)C(O)c1ccc2c(c1F)OCCO2)OCc1ccccc1. The van der Waals surface area contributed by atoms with Crippen LogP contribution in [0.15, 0.2) is 42.5 Å². The van der Waals surface area contributed by atoms with Gasteiger partial charge in [0.1, 0.15) is 25.9 Å². The summed E-state index contributed by atoms with van der Waals surface area (Å²) in [5.74, 6) is -0.649. The van der Waals surface area contributed by atoms with Crippen LogP contribution in [0.4, 0.5) is 9.18 Å². The van der Waals surface area contributed by atoms with E-state index in [9.17, 15) is 19.4 Å². The molecule has 2 aromatic rings. The van der Waals surface area contributed by atoms with Crippen molar-refractivity contribution in [2.24, 2.45) is 0 Å². The lowest BCUT2D eigenvalue weighted by Crippen LogP contribution is -2.42. The number of halogens is 1. The zero-order chi connectivity index (χ0) is 19.2. The topological polar surface area (TPSA) is 97.3 Å². The molecule has 1 aliphatic rings. The number of alkyl carbamates (subject to hydrolysis) is 1. The summed E-state index contributed by atoms with van der Waals surface area (Å²) in [7, 11) is 0. The van der Waals surface area contributed by atoms with Gasteiger partial charge in [-0.3, -0.25) is 0 Å². The number of amides is 1. The van der Waals surface area contributed by atoms with Crippen LogP contribution in [0.25, 0.3) is 0 Å². The van der Waals surface area contributed by atoms with Crippen molar-refractivity contribution in [3.05, 3.63) is 59.4 Å². The average Bonchev–Trinajstić information content (AvgIpc) is 2.71. The molecule has 7 nitrogen and oxygen atoms in total. The minimum atomic E-state index is -1.50. The molecule has 2 aromatic carbocycles. The lowest BCUT2D eigenvalue weighted by molar-refractivity contribution is 0.0733. The summed E-state index contributed by atoms with van der Waals surface area (Å²) in [5, 5.41) is 22.3. The van der Waals surface area contributed by atoms with E-state index in [1.165, 1.54) is 12.1 Å². The summed E-state index contributed by atoms with van der Waals surface area (Å²) in [6, 6.07) is 10.7. The third-order valence-electron chi connectivity index (χ3n) is 4.09. The molecule has 3 N–H and O–H groups in total. The number of carbonyl (C=O) groups excluding carboxylic acids is 1. The van der Waals surface area contributed by atoms with Gasteiger partial charge in [0.15, 0.2) is 17.3 Å². The second-order valence-corrected chi connectivity index (χ2v) is 5.93. The Morgan fingerprint density at radius 1 is 1.19 bits per heavy atom. The number of aliphatic hydroxyl groups excluding tert-OH is 2. The van der Waals surface area contributed by atoms with Crippen LogP contribution in [-0.2, 0) is 11.3 Å². The minimum Gasteiger partial charge on any atom is -0.486 e. The maximum absolute atomic E-state index is 14.6. The Morgan fingerprint density at radius 2 is 1.93 bits per heavy atom. The van der Waals surface area contributed by atoms with Crippen LogP contribution in [-0.4, -0.2) is 42.2 Å². The molecule has 1 unspecified atom stereocenters. The van der Waals surface area contributed by atoms with Gasteiger partial charge < -0.3 is 29.7 Å². The second kappa shape index (κ2) is 8.70. The normalized spacial score (nSPS) is 14.9. The lowest BCUT2D eigenvalue weighted by atomic mass is 10.0.